The molecule has 26 heavy (non-hydrogen) atoms. The second kappa shape index (κ2) is 8.38. The molecule has 0 fully saturated rings. The number of hydrogen-bond acceptors (Lipinski definition) is 4. The summed E-state index contributed by atoms with van der Waals surface area (Å²) in [6, 6.07) is 15.0. The highest BCUT2D eigenvalue weighted by Gasteiger charge is 2.29. The Kier molecular flexibility index (Phi) is 5.96. The summed E-state index contributed by atoms with van der Waals surface area (Å²) in [6.45, 7) is 2.56. The molecule has 3 rings (SSSR count). The Morgan fingerprint density at radius 3 is 2.73 bits per heavy atom. The van der Waals surface area contributed by atoms with E-state index in [-0.39, 0.29) is 24.1 Å². The smallest absolute Gasteiger partial charge is 0.254 e. The van der Waals surface area contributed by atoms with Gasteiger partial charge >= 0.3 is 0 Å². The van der Waals surface area contributed by atoms with E-state index in [4.69, 9.17) is 11.6 Å². The molecule has 134 valence electrons. The summed E-state index contributed by atoms with van der Waals surface area (Å²) in [4.78, 5) is 30.0. The van der Waals surface area contributed by atoms with E-state index in [9.17, 15) is 9.59 Å². The summed E-state index contributed by atoms with van der Waals surface area (Å²) < 4.78 is 0. The van der Waals surface area contributed by atoms with Crippen LogP contribution in [0.15, 0.2) is 53.5 Å². The number of amides is 2. The molecule has 2 aromatic rings. The molecule has 1 aliphatic rings. The van der Waals surface area contributed by atoms with Crippen molar-refractivity contribution in [3.05, 3.63) is 64.7 Å². The molecule has 1 N–H and O–H groups in total. The van der Waals surface area contributed by atoms with Gasteiger partial charge in [0.1, 0.15) is 6.54 Å². The maximum atomic E-state index is 12.2. The Morgan fingerprint density at radius 2 is 1.96 bits per heavy atom. The fraction of sp³-hybridized carbons (Fsp3) is 0.211. The van der Waals surface area contributed by atoms with Crippen molar-refractivity contribution in [1.82, 2.24) is 5.32 Å². The van der Waals surface area contributed by atoms with Crippen molar-refractivity contribution in [2.75, 3.05) is 17.2 Å². The first-order valence-corrected chi connectivity index (χ1v) is 9.48. The lowest BCUT2D eigenvalue weighted by molar-refractivity contribution is -0.118. The highest BCUT2D eigenvalue weighted by Crippen LogP contribution is 2.30. The van der Waals surface area contributed by atoms with Gasteiger partial charge in [0.15, 0.2) is 5.17 Å². The second-order valence-electron chi connectivity index (χ2n) is 5.77. The van der Waals surface area contributed by atoms with Crippen LogP contribution in [0.25, 0.3) is 0 Å². The zero-order chi connectivity index (χ0) is 18.5. The van der Waals surface area contributed by atoms with Crippen molar-refractivity contribution < 1.29 is 9.59 Å². The normalized spacial score (nSPS) is 13.7. The summed E-state index contributed by atoms with van der Waals surface area (Å²) in [5, 5.41) is 3.86. The van der Waals surface area contributed by atoms with Crippen LogP contribution in [0, 0.1) is 6.92 Å². The highest BCUT2D eigenvalue weighted by atomic mass is 35.5. The number of aliphatic imine (C=N–C) groups is 1. The number of carbonyl (C=O) groups excluding carboxylic acids is 2. The van der Waals surface area contributed by atoms with Crippen molar-refractivity contribution in [3.8, 4) is 0 Å². The Morgan fingerprint density at radius 1 is 1.23 bits per heavy atom. The first kappa shape index (κ1) is 18.5. The molecule has 2 amide bonds. The number of anilines is 1. The lowest BCUT2D eigenvalue weighted by atomic mass is 10.1. The number of thioether (sulfide) groups is 1. The number of nitrogens with one attached hydrogen (secondary N) is 1. The van der Waals surface area contributed by atoms with Gasteiger partial charge < -0.3 is 5.32 Å². The second-order valence-corrected chi connectivity index (χ2v) is 7.12. The van der Waals surface area contributed by atoms with Crippen molar-refractivity contribution in [2.24, 2.45) is 4.99 Å². The van der Waals surface area contributed by atoms with E-state index in [2.05, 4.69) is 10.3 Å². The van der Waals surface area contributed by atoms with Gasteiger partial charge in [0.05, 0.1) is 16.5 Å². The van der Waals surface area contributed by atoms with Gasteiger partial charge in [0.25, 0.3) is 5.91 Å². The number of nitrogens with zero attached hydrogens (tertiary/aromatic N) is 2. The van der Waals surface area contributed by atoms with Gasteiger partial charge in [0.2, 0.25) is 5.91 Å². The van der Waals surface area contributed by atoms with Gasteiger partial charge in [-0.25, -0.2) is 0 Å². The molecule has 1 heterocycles. The highest BCUT2D eigenvalue weighted by molar-refractivity contribution is 8.14. The largest absolute Gasteiger partial charge is 0.351 e. The van der Waals surface area contributed by atoms with Gasteiger partial charge in [-0.15, -0.1) is 0 Å². The third kappa shape index (κ3) is 4.26. The molecule has 0 aliphatic carbocycles. The first-order chi connectivity index (χ1) is 12.6. The maximum absolute atomic E-state index is 12.2. The number of aryl methyl sites for hydroxylation is 1. The summed E-state index contributed by atoms with van der Waals surface area (Å²) in [5.41, 5.74) is 2.80. The van der Waals surface area contributed by atoms with Crippen LogP contribution in [0.1, 0.15) is 11.1 Å². The van der Waals surface area contributed by atoms with Gasteiger partial charge in [-0.2, -0.15) is 0 Å². The zero-order valence-corrected chi connectivity index (χ0v) is 15.8. The molecule has 2 aromatic carbocycles. The van der Waals surface area contributed by atoms with Crippen molar-refractivity contribution in [1.29, 1.82) is 0 Å². The third-order valence-corrected chi connectivity index (χ3v) is 5.25. The average molecular weight is 388 g/mol. The maximum Gasteiger partial charge on any atom is 0.254 e. The van der Waals surface area contributed by atoms with Crippen LogP contribution in [0.2, 0.25) is 5.02 Å². The molecule has 7 heteroatoms. The first-order valence-electron chi connectivity index (χ1n) is 8.12. The number of benzene rings is 2. The Bertz CT molecular complexity index is 869. The summed E-state index contributed by atoms with van der Waals surface area (Å²) in [5.74, 6) is -0.0841. The predicted octanol–water partition coefficient (Wildman–Crippen LogP) is 3.40. The summed E-state index contributed by atoms with van der Waals surface area (Å²) >= 11 is 7.42. The van der Waals surface area contributed by atoms with E-state index >= 15 is 0 Å². The van der Waals surface area contributed by atoms with Gasteiger partial charge in [0, 0.05) is 6.54 Å². The minimum atomic E-state index is -0.152. The molecule has 5 nitrogen and oxygen atoms in total. The minimum Gasteiger partial charge on any atom is -0.351 e. The van der Waals surface area contributed by atoms with E-state index in [1.807, 2.05) is 37.3 Å². The molecule has 0 spiro atoms. The molecular weight excluding hydrogens is 370 g/mol. The topological polar surface area (TPSA) is 61.8 Å². The van der Waals surface area contributed by atoms with E-state index in [0.717, 1.165) is 11.1 Å². The molecule has 0 saturated carbocycles. The zero-order valence-electron chi connectivity index (χ0n) is 14.2. The van der Waals surface area contributed by atoms with Crippen molar-refractivity contribution >= 4 is 46.0 Å². The van der Waals surface area contributed by atoms with Crippen LogP contribution in [-0.2, 0) is 16.1 Å². The van der Waals surface area contributed by atoms with Crippen LogP contribution in [0.4, 0.5) is 5.69 Å². The SMILES string of the molecule is Cc1ccccc1CNC(=O)CSC1=NCC(=O)N1c1ccccc1Cl. The van der Waals surface area contributed by atoms with E-state index in [0.29, 0.717) is 22.4 Å². The number of carbonyl (C=O) groups is 2. The Balaban J connectivity index is 1.58. The number of halogens is 1. The monoisotopic (exact) mass is 387 g/mol. The molecule has 0 bridgehead atoms. The molecule has 0 aromatic heterocycles. The third-order valence-electron chi connectivity index (χ3n) is 3.95. The van der Waals surface area contributed by atoms with Crippen LogP contribution in [0.3, 0.4) is 0 Å². The predicted molar refractivity (Wildman–Crippen MR) is 107 cm³/mol. The van der Waals surface area contributed by atoms with Gasteiger partial charge in [-0.3, -0.25) is 19.5 Å². The van der Waals surface area contributed by atoms with Gasteiger partial charge in [-0.1, -0.05) is 59.8 Å². The van der Waals surface area contributed by atoms with E-state index in [1.54, 1.807) is 18.2 Å². The fourth-order valence-electron chi connectivity index (χ4n) is 2.55. The lowest BCUT2D eigenvalue weighted by Crippen LogP contribution is -2.32. The molecule has 0 radical (unpaired) electrons. The van der Waals surface area contributed by atoms with E-state index in [1.165, 1.54) is 16.7 Å². The summed E-state index contributed by atoms with van der Waals surface area (Å²) in [7, 11) is 0. The number of rotatable bonds is 5. The minimum absolute atomic E-state index is 0.0678. The molecule has 1 aliphatic heterocycles. The van der Waals surface area contributed by atoms with Crippen LogP contribution in [0.5, 0.6) is 0 Å². The molecule has 0 unspecified atom stereocenters. The standard InChI is InChI=1S/C19H18ClN3O2S/c1-13-6-2-3-7-14(13)10-21-17(24)12-26-19-22-11-18(25)23(19)16-9-5-4-8-15(16)20/h2-9H,10-12H2,1H3,(H,21,24). The Hall–Kier alpha value is -2.31. The molecule has 0 atom stereocenters. The van der Waals surface area contributed by atoms with Crippen molar-refractivity contribution in [2.45, 2.75) is 13.5 Å². The van der Waals surface area contributed by atoms with Crippen molar-refractivity contribution in [3.63, 3.8) is 0 Å². The van der Waals surface area contributed by atoms with Gasteiger partial charge in [-0.05, 0) is 30.2 Å². The molecule has 0 saturated heterocycles. The number of amidine groups is 1. The van der Waals surface area contributed by atoms with Crippen LogP contribution >= 0.6 is 23.4 Å². The van der Waals surface area contributed by atoms with Crippen LogP contribution < -0.4 is 10.2 Å². The molecular formula is C19H18ClN3O2S. The average Bonchev–Trinajstić information content (AvgIpc) is 3.00. The fourth-order valence-corrected chi connectivity index (χ4v) is 3.61. The lowest BCUT2D eigenvalue weighted by Gasteiger charge is -2.19. The quantitative estimate of drug-likeness (QED) is 0.855. The Labute approximate surface area is 161 Å². The number of para-hydroxylation sites is 1. The summed E-state index contributed by atoms with van der Waals surface area (Å²) in [6.07, 6.45) is 0. The number of hydrogen-bond donors (Lipinski definition) is 1. The van der Waals surface area contributed by atoms with E-state index < -0.39 is 0 Å². The van der Waals surface area contributed by atoms with Crippen LogP contribution in [-0.4, -0.2) is 29.3 Å².